The Labute approximate surface area is 133 Å². The predicted octanol–water partition coefficient (Wildman–Crippen LogP) is 5.18. The predicted molar refractivity (Wildman–Crippen MR) is 90.9 cm³/mol. The normalized spacial score (nSPS) is 10.3. The van der Waals surface area contributed by atoms with E-state index in [1.165, 1.54) is 11.1 Å². The first-order valence-electron chi connectivity index (χ1n) is 6.82. The van der Waals surface area contributed by atoms with Crippen molar-refractivity contribution in [3.8, 4) is 0 Å². The third kappa shape index (κ3) is 3.70. The molecule has 1 heterocycles. The minimum Gasteiger partial charge on any atom is -0.340 e. The number of rotatable bonds is 4. The molecule has 104 valence electrons. The van der Waals surface area contributed by atoms with Gasteiger partial charge in [-0.2, -0.15) is 0 Å². The maximum absolute atomic E-state index is 4.36. The van der Waals surface area contributed by atoms with Gasteiger partial charge in [-0.25, -0.2) is 4.98 Å². The fourth-order valence-electron chi connectivity index (χ4n) is 2.20. The van der Waals surface area contributed by atoms with Gasteiger partial charge in [0.2, 0.25) is 0 Å². The zero-order chi connectivity index (χ0) is 14.5. The van der Waals surface area contributed by atoms with Crippen molar-refractivity contribution in [1.82, 2.24) is 4.98 Å². The molecule has 1 aromatic heterocycles. The number of halogens is 1. The van der Waals surface area contributed by atoms with Crippen LogP contribution in [0.4, 0.5) is 11.5 Å². The number of aromatic nitrogens is 1. The molecule has 0 bridgehead atoms. The van der Waals surface area contributed by atoms with Crippen LogP contribution >= 0.6 is 15.9 Å². The lowest BCUT2D eigenvalue weighted by Gasteiger charge is -2.11. The minimum absolute atomic E-state index is 0.846. The lowest BCUT2D eigenvalue weighted by molar-refractivity contribution is 1.18. The molecule has 1 N–H and O–H groups in total. The number of pyridine rings is 1. The summed E-state index contributed by atoms with van der Waals surface area (Å²) in [5.41, 5.74) is 3.65. The molecule has 3 heteroatoms. The highest BCUT2D eigenvalue weighted by Gasteiger charge is 2.04. The van der Waals surface area contributed by atoms with Crippen molar-refractivity contribution in [2.45, 2.75) is 6.42 Å². The van der Waals surface area contributed by atoms with Crippen molar-refractivity contribution in [2.24, 2.45) is 0 Å². The van der Waals surface area contributed by atoms with Gasteiger partial charge in [-0.15, -0.1) is 0 Å². The first-order valence-corrected chi connectivity index (χ1v) is 7.61. The summed E-state index contributed by atoms with van der Waals surface area (Å²) in [6, 6.07) is 22.8. The van der Waals surface area contributed by atoms with Crippen molar-refractivity contribution in [3.05, 3.63) is 88.5 Å². The van der Waals surface area contributed by atoms with Crippen molar-refractivity contribution < 1.29 is 0 Å². The van der Waals surface area contributed by atoms with E-state index in [0.717, 1.165) is 22.4 Å². The molecular weight excluding hydrogens is 324 g/mol. The largest absolute Gasteiger partial charge is 0.340 e. The van der Waals surface area contributed by atoms with Gasteiger partial charge in [0.25, 0.3) is 0 Å². The van der Waals surface area contributed by atoms with Crippen LogP contribution in [0.25, 0.3) is 0 Å². The van der Waals surface area contributed by atoms with E-state index in [1.807, 2.05) is 24.3 Å². The average molecular weight is 339 g/mol. The summed E-state index contributed by atoms with van der Waals surface area (Å²) in [4.78, 5) is 4.36. The molecule has 2 nitrogen and oxygen atoms in total. The Morgan fingerprint density at radius 3 is 2.38 bits per heavy atom. The summed E-state index contributed by atoms with van der Waals surface area (Å²) in [7, 11) is 0. The number of para-hydroxylation sites is 1. The Balaban J connectivity index is 1.84. The molecule has 3 rings (SSSR count). The van der Waals surface area contributed by atoms with Gasteiger partial charge in [-0.3, -0.25) is 0 Å². The molecule has 21 heavy (non-hydrogen) atoms. The number of benzene rings is 2. The second-order valence-corrected chi connectivity index (χ2v) is 5.72. The van der Waals surface area contributed by atoms with E-state index in [9.17, 15) is 0 Å². The number of anilines is 2. The van der Waals surface area contributed by atoms with E-state index in [2.05, 4.69) is 68.7 Å². The summed E-state index contributed by atoms with van der Waals surface area (Å²) >= 11 is 3.40. The molecule has 0 aliphatic carbocycles. The van der Waals surface area contributed by atoms with Gasteiger partial charge in [-0.1, -0.05) is 48.5 Å². The Morgan fingerprint density at radius 1 is 0.857 bits per heavy atom. The topological polar surface area (TPSA) is 24.9 Å². The molecule has 0 saturated carbocycles. The lowest BCUT2D eigenvalue weighted by atomic mass is 10.0. The monoisotopic (exact) mass is 338 g/mol. The van der Waals surface area contributed by atoms with Crippen LogP contribution in [0.3, 0.4) is 0 Å². The maximum Gasteiger partial charge on any atom is 0.130 e. The van der Waals surface area contributed by atoms with Gasteiger partial charge < -0.3 is 5.32 Å². The third-order valence-electron chi connectivity index (χ3n) is 3.24. The van der Waals surface area contributed by atoms with Crippen LogP contribution in [0.2, 0.25) is 0 Å². The van der Waals surface area contributed by atoms with E-state index in [-0.39, 0.29) is 0 Å². The zero-order valence-corrected chi connectivity index (χ0v) is 13.0. The average Bonchev–Trinajstić information content (AvgIpc) is 2.52. The molecule has 0 fully saturated rings. The molecule has 0 spiro atoms. The van der Waals surface area contributed by atoms with Crippen LogP contribution in [0.15, 0.2) is 77.4 Å². The van der Waals surface area contributed by atoms with Gasteiger partial charge in [0.15, 0.2) is 0 Å². The molecule has 0 atom stereocenters. The Kier molecular flexibility index (Phi) is 4.31. The molecule has 0 amide bonds. The van der Waals surface area contributed by atoms with Crippen LogP contribution in [-0.2, 0) is 6.42 Å². The van der Waals surface area contributed by atoms with Crippen LogP contribution in [0.1, 0.15) is 11.1 Å². The molecule has 0 radical (unpaired) electrons. The molecule has 3 aromatic rings. The SMILES string of the molecule is Brc1ccc(Nc2ccccc2Cc2ccccc2)nc1. The fraction of sp³-hybridized carbons (Fsp3) is 0.0556. The molecule has 0 saturated heterocycles. The molecule has 0 aliphatic rings. The van der Waals surface area contributed by atoms with E-state index in [1.54, 1.807) is 6.20 Å². The number of hydrogen-bond donors (Lipinski definition) is 1. The van der Waals surface area contributed by atoms with Crippen LogP contribution in [0.5, 0.6) is 0 Å². The van der Waals surface area contributed by atoms with Gasteiger partial charge in [-0.05, 0) is 51.7 Å². The van der Waals surface area contributed by atoms with Crippen molar-refractivity contribution >= 4 is 27.4 Å². The highest BCUT2D eigenvalue weighted by Crippen LogP contribution is 2.23. The minimum atomic E-state index is 0.846. The first kappa shape index (κ1) is 13.8. The second kappa shape index (κ2) is 6.55. The fourth-order valence-corrected chi connectivity index (χ4v) is 2.43. The highest BCUT2D eigenvalue weighted by atomic mass is 79.9. The Bertz CT molecular complexity index is 709. The maximum atomic E-state index is 4.36. The third-order valence-corrected chi connectivity index (χ3v) is 3.71. The zero-order valence-electron chi connectivity index (χ0n) is 11.5. The molecule has 0 unspecified atom stereocenters. The summed E-state index contributed by atoms with van der Waals surface area (Å²) in [5.74, 6) is 0.846. The number of nitrogens with one attached hydrogen (secondary N) is 1. The highest BCUT2D eigenvalue weighted by molar-refractivity contribution is 9.10. The van der Waals surface area contributed by atoms with Gasteiger partial charge >= 0.3 is 0 Å². The van der Waals surface area contributed by atoms with Crippen molar-refractivity contribution in [3.63, 3.8) is 0 Å². The van der Waals surface area contributed by atoms with E-state index < -0.39 is 0 Å². The van der Waals surface area contributed by atoms with Crippen LogP contribution in [0, 0.1) is 0 Å². The standard InChI is InChI=1S/C18H15BrN2/c19-16-10-11-18(20-13-16)21-17-9-5-4-8-15(17)12-14-6-2-1-3-7-14/h1-11,13H,12H2,(H,20,21). The summed E-state index contributed by atoms with van der Waals surface area (Å²) < 4.78 is 0.977. The van der Waals surface area contributed by atoms with Crippen molar-refractivity contribution in [2.75, 3.05) is 5.32 Å². The number of hydrogen-bond acceptors (Lipinski definition) is 2. The van der Waals surface area contributed by atoms with E-state index in [0.29, 0.717) is 0 Å². The summed E-state index contributed by atoms with van der Waals surface area (Å²) in [6.07, 6.45) is 2.70. The Morgan fingerprint density at radius 2 is 1.62 bits per heavy atom. The molecular formula is C18H15BrN2. The quantitative estimate of drug-likeness (QED) is 0.709. The van der Waals surface area contributed by atoms with Gasteiger partial charge in [0.05, 0.1) is 0 Å². The first-order chi connectivity index (χ1) is 10.3. The molecule has 0 aliphatic heterocycles. The van der Waals surface area contributed by atoms with Gasteiger partial charge in [0, 0.05) is 16.4 Å². The summed E-state index contributed by atoms with van der Waals surface area (Å²) in [5, 5.41) is 3.39. The van der Waals surface area contributed by atoms with Crippen LogP contribution < -0.4 is 5.32 Å². The Hall–Kier alpha value is -2.13. The van der Waals surface area contributed by atoms with Crippen molar-refractivity contribution in [1.29, 1.82) is 0 Å². The number of nitrogens with zero attached hydrogens (tertiary/aromatic N) is 1. The van der Waals surface area contributed by atoms with Crippen LogP contribution in [-0.4, -0.2) is 4.98 Å². The molecule has 2 aromatic carbocycles. The van der Waals surface area contributed by atoms with E-state index in [4.69, 9.17) is 0 Å². The lowest BCUT2D eigenvalue weighted by Crippen LogP contribution is -1.98. The smallest absolute Gasteiger partial charge is 0.130 e. The second-order valence-electron chi connectivity index (χ2n) is 4.81. The van der Waals surface area contributed by atoms with Gasteiger partial charge in [0.1, 0.15) is 5.82 Å². The summed E-state index contributed by atoms with van der Waals surface area (Å²) in [6.45, 7) is 0. The van der Waals surface area contributed by atoms with E-state index >= 15 is 0 Å².